The lowest BCUT2D eigenvalue weighted by atomic mass is 10.5. The van der Waals surface area contributed by atoms with Crippen LogP contribution in [0.3, 0.4) is 0 Å². The average Bonchev–Trinajstić information content (AvgIpc) is 1.61. The van der Waals surface area contributed by atoms with Gasteiger partial charge in [-0.3, -0.25) is 4.29 Å². The van der Waals surface area contributed by atoms with Crippen molar-refractivity contribution in [2.24, 2.45) is 0 Å². The van der Waals surface area contributed by atoms with E-state index >= 15 is 0 Å². The van der Waals surface area contributed by atoms with E-state index in [1.54, 1.807) is 0 Å². The molecule has 0 spiro atoms. The molecule has 3 heteroatoms. The maximum absolute atomic E-state index is 8.06. The Morgan fingerprint density at radius 1 is 1.67 bits per heavy atom. The second-order valence-corrected chi connectivity index (χ2v) is 1.11. The van der Waals surface area contributed by atoms with Crippen molar-refractivity contribution < 1.29 is 9.40 Å². The molecule has 0 radical (unpaired) electrons. The standard InChI is InChI=1S/C3H7ClO2/c4-6-3-1-2-5/h5H,1-3H2. The first-order chi connectivity index (χ1) is 2.91. The van der Waals surface area contributed by atoms with E-state index < -0.39 is 0 Å². The molecular formula is C3H7ClO2. The zero-order valence-electron chi connectivity index (χ0n) is 3.35. The molecule has 0 aromatic carbocycles. The van der Waals surface area contributed by atoms with Crippen LogP contribution < -0.4 is 0 Å². The van der Waals surface area contributed by atoms with E-state index in [2.05, 4.69) is 4.29 Å². The smallest absolute Gasteiger partial charge is 0.0704 e. The van der Waals surface area contributed by atoms with Gasteiger partial charge >= 0.3 is 0 Å². The zero-order valence-corrected chi connectivity index (χ0v) is 4.11. The fourth-order valence-corrected chi connectivity index (χ4v) is 0.228. The quantitative estimate of drug-likeness (QED) is 0.538. The van der Waals surface area contributed by atoms with Gasteiger partial charge in [-0.05, 0) is 6.42 Å². The first-order valence-corrected chi connectivity index (χ1v) is 2.07. The normalized spacial score (nSPS) is 9.00. The molecule has 0 bridgehead atoms. The Morgan fingerprint density at radius 3 is 2.50 bits per heavy atom. The average molecular weight is 111 g/mol. The van der Waals surface area contributed by atoms with Crippen molar-refractivity contribution in [3.63, 3.8) is 0 Å². The van der Waals surface area contributed by atoms with Crippen LogP contribution in [0.5, 0.6) is 0 Å². The third-order valence-corrected chi connectivity index (χ3v) is 0.534. The molecule has 0 unspecified atom stereocenters. The van der Waals surface area contributed by atoms with Crippen molar-refractivity contribution in [3.05, 3.63) is 0 Å². The molecule has 0 aromatic heterocycles. The Labute approximate surface area is 41.9 Å². The van der Waals surface area contributed by atoms with Gasteiger partial charge in [-0.1, -0.05) is 0 Å². The summed E-state index contributed by atoms with van der Waals surface area (Å²) in [5, 5.41) is 8.06. The van der Waals surface area contributed by atoms with E-state index in [4.69, 9.17) is 17.0 Å². The fraction of sp³-hybridized carbons (Fsp3) is 1.00. The Kier molecular flexibility index (Phi) is 5.39. The minimum atomic E-state index is 0.146. The number of hydrogen-bond acceptors (Lipinski definition) is 2. The summed E-state index contributed by atoms with van der Waals surface area (Å²) < 4.78 is 4.09. The molecule has 0 saturated heterocycles. The molecule has 0 saturated carbocycles. The zero-order chi connectivity index (χ0) is 4.83. The van der Waals surface area contributed by atoms with E-state index in [0.29, 0.717) is 13.0 Å². The van der Waals surface area contributed by atoms with Gasteiger partial charge in [0.05, 0.1) is 18.5 Å². The summed E-state index contributed by atoms with van der Waals surface area (Å²) in [6, 6.07) is 0. The van der Waals surface area contributed by atoms with Gasteiger partial charge in [0.25, 0.3) is 0 Å². The molecule has 2 nitrogen and oxygen atoms in total. The molecule has 1 N–H and O–H groups in total. The maximum atomic E-state index is 8.06. The van der Waals surface area contributed by atoms with Crippen LogP contribution in [-0.2, 0) is 4.29 Å². The molecule has 0 heterocycles. The lowest BCUT2D eigenvalue weighted by molar-refractivity contribution is 0.243. The highest BCUT2D eigenvalue weighted by Gasteiger charge is 1.77. The minimum absolute atomic E-state index is 0.146. The fourth-order valence-electron chi connectivity index (χ4n) is 0.119. The summed E-state index contributed by atoms with van der Waals surface area (Å²) in [4.78, 5) is 0. The first-order valence-electron chi connectivity index (χ1n) is 1.76. The Balaban J connectivity index is 2.34. The lowest BCUT2D eigenvalue weighted by Gasteiger charge is -1.85. The molecule has 0 rings (SSSR count). The number of halogens is 1. The van der Waals surface area contributed by atoms with E-state index in [9.17, 15) is 0 Å². The Bertz CT molecular complexity index is 20.8. The van der Waals surface area contributed by atoms with Crippen LogP contribution >= 0.6 is 11.9 Å². The third-order valence-electron chi connectivity index (χ3n) is 0.380. The van der Waals surface area contributed by atoms with Gasteiger partial charge in [-0.25, -0.2) is 0 Å². The van der Waals surface area contributed by atoms with Crippen LogP contribution in [0.4, 0.5) is 0 Å². The van der Waals surface area contributed by atoms with E-state index in [0.717, 1.165) is 0 Å². The van der Waals surface area contributed by atoms with Crippen molar-refractivity contribution in [2.45, 2.75) is 6.42 Å². The Hall–Kier alpha value is 0.210. The van der Waals surface area contributed by atoms with Crippen LogP contribution in [0, 0.1) is 0 Å². The Morgan fingerprint density at radius 2 is 2.33 bits per heavy atom. The lowest BCUT2D eigenvalue weighted by Crippen LogP contribution is -1.87. The topological polar surface area (TPSA) is 29.5 Å². The van der Waals surface area contributed by atoms with Crippen LogP contribution in [0.15, 0.2) is 0 Å². The van der Waals surface area contributed by atoms with Crippen molar-refractivity contribution >= 4 is 11.9 Å². The highest BCUT2D eigenvalue weighted by atomic mass is 35.5. The maximum Gasteiger partial charge on any atom is 0.0704 e. The number of aliphatic hydroxyl groups excluding tert-OH is 1. The van der Waals surface area contributed by atoms with Crippen LogP contribution in [0.1, 0.15) is 6.42 Å². The van der Waals surface area contributed by atoms with Crippen molar-refractivity contribution in [2.75, 3.05) is 13.2 Å². The number of rotatable bonds is 3. The summed E-state index contributed by atoms with van der Waals surface area (Å²) in [6.07, 6.45) is 0.615. The van der Waals surface area contributed by atoms with Crippen molar-refractivity contribution in [1.82, 2.24) is 0 Å². The summed E-state index contributed by atoms with van der Waals surface area (Å²) in [5.74, 6) is 0. The second kappa shape index (κ2) is 5.21. The first kappa shape index (κ1) is 6.21. The summed E-state index contributed by atoms with van der Waals surface area (Å²) in [6.45, 7) is 0.574. The predicted octanol–water partition coefficient (Wildman–Crippen LogP) is 0.539. The monoisotopic (exact) mass is 110 g/mol. The van der Waals surface area contributed by atoms with Crippen LogP contribution in [0.25, 0.3) is 0 Å². The number of aliphatic hydroxyl groups is 1. The third kappa shape index (κ3) is 4.21. The van der Waals surface area contributed by atoms with Crippen molar-refractivity contribution in [1.29, 1.82) is 0 Å². The highest BCUT2D eigenvalue weighted by Crippen LogP contribution is 1.81. The van der Waals surface area contributed by atoms with Gasteiger partial charge in [0.15, 0.2) is 0 Å². The molecule has 0 atom stereocenters. The van der Waals surface area contributed by atoms with Gasteiger partial charge < -0.3 is 5.11 Å². The molecule has 0 amide bonds. The summed E-state index contributed by atoms with van der Waals surface area (Å²) in [7, 11) is 0. The second-order valence-electron chi connectivity index (χ2n) is 0.890. The molecule has 0 fully saturated rings. The number of hydrogen-bond donors (Lipinski definition) is 1. The highest BCUT2D eigenvalue weighted by molar-refractivity contribution is 6.07. The largest absolute Gasteiger partial charge is 0.396 e. The van der Waals surface area contributed by atoms with E-state index in [1.165, 1.54) is 0 Å². The summed E-state index contributed by atoms with van der Waals surface area (Å²) >= 11 is 4.77. The minimum Gasteiger partial charge on any atom is -0.396 e. The molecule has 6 heavy (non-hydrogen) atoms. The van der Waals surface area contributed by atoms with Gasteiger partial charge in [0.1, 0.15) is 0 Å². The molecule has 0 aliphatic heterocycles. The molecule has 0 aliphatic rings. The SMILES string of the molecule is OCCCOCl. The van der Waals surface area contributed by atoms with Crippen LogP contribution in [-0.4, -0.2) is 18.3 Å². The van der Waals surface area contributed by atoms with Crippen LogP contribution in [0.2, 0.25) is 0 Å². The summed E-state index contributed by atoms with van der Waals surface area (Å²) in [5.41, 5.74) is 0. The van der Waals surface area contributed by atoms with E-state index in [1.807, 2.05) is 0 Å². The molecule has 38 valence electrons. The van der Waals surface area contributed by atoms with Crippen molar-refractivity contribution in [3.8, 4) is 0 Å². The van der Waals surface area contributed by atoms with Gasteiger partial charge in [-0.2, -0.15) is 0 Å². The molecule has 0 aromatic rings. The van der Waals surface area contributed by atoms with Gasteiger partial charge in [0.2, 0.25) is 0 Å². The molecule has 0 aliphatic carbocycles. The van der Waals surface area contributed by atoms with E-state index in [-0.39, 0.29) is 6.61 Å². The van der Waals surface area contributed by atoms with Gasteiger partial charge in [0, 0.05) is 6.61 Å². The van der Waals surface area contributed by atoms with Gasteiger partial charge in [-0.15, -0.1) is 0 Å². The molecular weight excluding hydrogens is 103 g/mol. The predicted molar refractivity (Wildman–Crippen MR) is 23.5 cm³/mol.